The van der Waals surface area contributed by atoms with E-state index in [1.165, 1.54) is 0 Å². The standard InChI is InChI=1S/C17H21N3O3/c1-19-11-16(18-12-19)17(21)20-9-7-15(8-10-20)23-14-5-3-13(22-2)4-6-14/h3-6,11-12,15H,7-10H2,1-2H3. The van der Waals surface area contributed by atoms with Crippen molar-refractivity contribution in [2.75, 3.05) is 20.2 Å². The van der Waals surface area contributed by atoms with Crippen LogP contribution < -0.4 is 9.47 Å². The van der Waals surface area contributed by atoms with Crippen molar-refractivity contribution < 1.29 is 14.3 Å². The monoisotopic (exact) mass is 315 g/mol. The maximum absolute atomic E-state index is 12.3. The number of rotatable bonds is 4. The minimum absolute atomic E-state index is 0.00602. The quantitative estimate of drug-likeness (QED) is 0.867. The maximum Gasteiger partial charge on any atom is 0.274 e. The smallest absolute Gasteiger partial charge is 0.274 e. The molecule has 1 saturated heterocycles. The summed E-state index contributed by atoms with van der Waals surface area (Å²) in [5.74, 6) is 1.64. The number of carbonyl (C=O) groups excluding carboxylic acids is 1. The molecule has 0 aliphatic carbocycles. The lowest BCUT2D eigenvalue weighted by molar-refractivity contribution is 0.0590. The number of hydrogen-bond acceptors (Lipinski definition) is 4. The summed E-state index contributed by atoms with van der Waals surface area (Å²) in [6.07, 6.45) is 5.18. The number of likely N-dealkylation sites (tertiary alicyclic amines) is 1. The number of carbonyl (C=O) groups is 1. The number of methoxy groups -OCH3 is 1. The molecule has 0 bridgehead atoms. The third-order valence-electron chi connectivity index (χ3n) is 4.02. The number of benzene rings is 1. The molecule has 6 heteroatoms. The highest BCUT2D eigenvalue weighted by Crippen LogP contribution is 2.22. The molecule has 1 amide bonds. The number of imidazole rings is 1. The Morgan fingerprint density at radius 2 is 1.83 bits per heavy atom. The van der Waals surface area contributed by atoms with Gasteiger partial charge >= 0.3 is 0 Å². The third kappa shape index (κ3) is 3.64. The van der Waals surface area contributed by atoms with Gasteiger partial charge in [0.1, 0.15) is 23.3 Å². The van der Waals surface area contributed by atoms with Crippen LogP contribution in [-0.4, -0.2) is 46.7 Å². The second-order valence-corrected chi connectivity index (χ2v) is 5.71. The van der Waals surface area contributed by atoms with Crippen LogP contribution in [0.15, 0.2) is 36.8 Å². The molecule has 122 valence electrons. The Morgan fingerprint density at radius 1 is 1.17 bits per heavy atom. The summed E-state index contributed by atoms with van der Waals surface area (Å²) in [6.45, 7) is 1.38. The van der Waals surface area contributed by atoms with Gasteiger partial charge in [0.15, 0.2) is 0 Å². The van der Waals surface area contributed by atoms with Crippen molar-refractivity contribution in [3.8, 4) is 11.5 Å². The largest absolute Gasteiger partial charge is 0.497 e. The van der Waals surface area contributed by atoms with Gasteiger partial charge < -0.3 is 18.9 Å². The van der Waals surface area contributed by atoms with Gasteiger partial charge in [-0.2, -0.15) is 0 Å². The van der Waals surface area contributed by atoms with Crippen LogP contribution in [-0.2, 0) is 7.05 Å². The molecular formula is C17H21N3O3. The molecule has 23 heavy (non-hydrogen) atoms. The lowest BCUT2D eigenvalue weighted by Crippen LogP contribution is -2.41. The van der Waals surface area contributed by atoms with Gasteiger partial charge in [-0.1, -0.05) is 0 Å². The van der Waals surface area contributed by atoms with Gasteiger partial charge in [0.05, 0.1) is 13.4 Å². The molecule has 1 aliphatic heterocycles. The Kier molecular flexibility index (Phi) is 4.50. The van der Waals surface area contributed by atoms with Crippen molar-refractivity contribution in [2.45, 2.75) is 18.9 Å². The zero-order valence-electron chi connectivity index (χ0n) is 13.4. The van der Waals surface area contributed by atoms with E-state index >= 15 is 0 Å². The molecule has 0 saturated carbocycles. The number of ether oxygens (including phenoxy) is 2. The van der Waals surface area contributed by atoms with E-state index in [2.05, 4.69) is 4.98 Å². The van der Waals surface area contributed by atoms with Crippen LogP contribution >= 0.6 is 0 Å². The third-order valence-corrected chi connectivity index (χ3v) is 4.02. The van der Waals surface area contributed by atoms with Gasteiger partial charge in [0, 0.05) is 39.2 Å². The molecule has 0 N–H and O–H groups in total. The molecule has 1 fully saturated rings. The Bertz CT molecular complexity index is 658. The van der Waals surface area contributed by atoms with Crippen LogP contribution in [0.2, 0.25) is 0 Å². The Morgan fingerprint density at radius 3 is 2.39 bits per heavy atom. The molecule has 3 rings (SSSR count). The van der Waals surface area contributed by atoms with Crippen LogP contribution in [0.1, 0.15) is 23.3 Å². The van der Waals surface area contributed by atoms with Crippen molar-refractivity contribution in [2.24, 2.45) is 7.05 Å². The number of piperidine rings is 1. The minimum Gasteiger partial charge on any atom is -0.497 e. The van der Waals surface area contributed by atoms with Crippen LogP contribution in [0.25, 0.3) is 0 Å². The van der Waals surface area contributed by atoms with E-state index in [0.29, 0.717) is 18.8 Å². The second-order valence-electron chi connectivity index (χ2n) is 5.71. The Labute approximate surface area is 135 Å². The van der Waals surface area contributed by atoms with Crippen molar-refractivity contribution in [3.05, 3.63) is 42.5 Å². The van der Waals surface area contributed by atoms with Crippen LogP contribution in [0, 0.1) is 0 Å². The first-order chi connectivity index (χ1) is 11.2. The van der Waals surface area contributed by atoms with Crippen LogP contribution in [0.4, 0.5) is 0 Å². The first-order valence-electron chi connectivity index (χ1n) is 7.73. The second kappa shape index (κ2) is 6.73. The number of aromatic nitrogens is 2. The van der Waals surface area contributed by atoms with E-state index in [0.717, 1.165) is 24.3 Å². The van der Waals surface area contributed by atoms with Gasteiger partial charge in [-0.25, -0.2) is 4.98 Å². The topological polar surface area (TPSA) is 56.6 Å². The van der Waals surface area contributed by atoms with E-state index in [9.17, 15) is 4.79 Å². The predicted molar refractivity (Wildman–Crippen MR) is 85.8 cm³/mol. The van der Waals surface area contributed by atoms with Crippen LogP contribution in [0.5, 0.6) is 11.5 Å². The zero-order valence-corrected chi connectivity index (χ0v) is 13.4. The number of aryl methyl sites for hydroxylation is 1. The predicted octanol–water partition coefficient (Wildman–Crippen LogP) is 2.11. The molecule has 1 aliphatic rings. The van der Waals surface area contributed by atoms with E-state index in [1.54, 1.807) is 24.2 Å². The zero-order chi connectivity index (χ0) is 16.2. The van der Waals surface area contributed by atoms with Gasteiger partial charge in [0.25, 0.3) is 5.91 Å². The molecule has 0 spiro atoms. The Hall–Kier alpha value is -2.50. The fraction of sp³-hybridized carbons (Fsp3) is 0.412. The molecule has 2 aromatic rings. The van der Waals surface area contributed by atoms with Gasteiger partial charge in [-0.3, -0.25) is 4.79 Å². The average molecular weight is 315 g/mol. The summed E-state index contributed by atoms with van der Waals surface area (Å²) >= 11 is 0. The summed E-state index contributed by atoms with van der Waals surface area (Å²) in [7, 11) is 3.50. The normalized spacial score (nSPS) is 15.5. The van der Waals surface area contributed by atoms with Gasteiger partial charge in [-0.15, -0.1) is 0 Å². The van der Waals surface area contributed by atoms with E-state index in [1.807, 2.05) is 36.2 Å². The van der Waals surface area contributed by atoms with Crippen molar-refractivity contribution in [1.82, 2.24) is 14.5 Å². The fourth-order valence-electron chi connectivity index (χ4n) is 2.71. The molecule has 0 unspecified atom stereocenters. The molecule has 2 heterocycles. The highest BCUT2D eigenvalue weighted by Gasteiger charge is 2.25. The molecule has 0 atom stereocenters. The van der Waals surface area contributed by atoms with Gasteiger partial charge in [-0.05, 0) is 24.3 Å². The summed E-state index contributed by atoms with van der Waals surface area (Å²) < 4.78 is 12.9. The van der Waals surface area contributed by atoms with E-state index in [4.69, 9.17) is 9.47 Å². The van der Waals surface area contributed by atoms with Crippen molar-refractivity contribution in [1.29, 1.82) is 0 Å². The molecule has 6 nitrogen and oxygen atoms in total. The highest BCUT2D eigenvalue weighted by molar-refractivity contribution is 5.92. The lowest BCUT2D eigenvalue weighted by atomic mass is 10.1. The van der Waals surface area contributed by atoms with Crippen molar-refractivity contribution >= 4 is 5.91 Å². The summed E-state index contributed by atoms with van der Waals surface area (Å²) in [4.78, 5) is 18.3. The van der Waals surface area contributed by atoms with E-state index in [-0.39, 0.29) is 12.0 Å². The SMILES string of the molecule is COc1ccc(OC2CCN(C(=O)c3cn(C)cn3)CC2)cc1. The maximum atomic E-state index is 12.3. The number of nitrogens with zero attached hydrogens (tertiary/aromatic N) is 3. The van der Waals surface area contributed by atoms with Crippen LogP contribution in [0.3, 0.4) is 0 Å². The minimum atomic E-state index is -0.00602. The molecule has 1 aromatic carbocycles. The summed E-state index contributed by atoms with van der Waals surface area (Å²) in [5.41, 5.74) is 0.502. The number of hydrogen-bond donors (Lipinski definition) is 0. The lowest BCUT2D eigenvalue weighted by Gasteiger charge is -2.31. The Balaban J connectivity index is 1.52. The highest BCUT2D eigenvalue weighted by atomic mass is 16.5. The molecular weight excluding hydrogens is 294 g/mol. The average Bonchev–Trinajstić information content (AvgIpc) is 3.02. The molecule has 1 aromatic heterocycles. The van der Waals surface area contributed by atoms with E-state index < -0.39 is 0 Å². The molecule has 0 radical (unpaired) electrons. The van der Waals surface area contributed by atoms with Crippen molar-refractivity contribution in [3.63, 3.8) is 0 Å². The number of amides is 1. The van der Waals surface area contributed by atoms with Gasteiger partial charge in [0.2, 0.25) is 0 Å². The first kappa shape index (κ1) is 15.4. The summed E-state index contributed by atoms with van der Waals surface area (Å²) in [6, 6.07) is 7.58. The fourth-order valence-corrected chi connectivity index (χ4v) is 2.71. The first-order valence-corrected chi connectivity index (χ1v) is 7.73. The summed E-state index contributed by atoms with van der Waals surface area (Å²) in [5, 5.41) is 0.